The van der Waals surface area contributed by atoms with Crippen molar-refractivity contribution < 1.29 is 9.18 Å². The molecule has 2 aromatic carbocycles. The zero-order valence-electron chi connectivity index (χ0n) is 21.0. The maximum Gasteiger partial charge on any atom is 0.259 e. The molecule has 0 radical (unpaired) electrons. The third-order valence-electron chi connectivity index (χ3n) is 7.14. The number of Topliss-reactive ketones (excluding diaryl/α,β-unsaturated/α-hetero) is 1. The van der Waals surface area contributed by atoms with Crippen molar-refractivity contribution in [2.75, 3.05) is 0 Å². The standard InChI is InChI=1S/C29H28FN5O2/c1-3-6-27-25(15-20-10-9-19(16-26(20)30)24-8-5-4-7-21(24)17-31)28(37)34(22-11-13-23(36)14-12-22)29-32-18(2)33-35(27)29/h4-5,7-10,16,22H,3,6,11-15H2,1-2H3. The lowest BCUT2D eigenvalue weighted by molar-refractivity contribution is -0.120. The summed E-state index contributed by atoms with van der Waals surface area (Å²) in [6.07, 6.45) is 3.52. The minimum Gasteiger partial charge on any atom is -0.300 e. The van der Waals surface area contributed by atoms with Crippen LogP contribution < -0.4 is 5.56 Å². The van der Waals surface area contributed by atoms with E-state index in [1.807, 2.05) is 13.0 Å². The van der Waals surface area contributed by atoms with E-state index in [-0.39, 0.29) is 23.8 Å². The van der Waals surface area contributed by atoms with Gasteiger partial charge in [0, 0.05) is 30.9 Å². The SMILES string of the molecule is CCCc1c(Cc2ccc(-c3ccccc3C#N)cc2F)c(=O)n(C2CCC(=O)CC2)c2nc(C)nn12. The zero-order chi connectivity index (χ0) is 26.1. The minimum atomic E-state index is -0.434. The van der Waals surface area contributed by atoms with Gasteiger partial charge in [-0.05, 0) is 55.0 Å². The van der Waals surface area contributed by atoms with Gasteiger partial charge in [-0.1, -0.05) is 43.7 Å². The molecule has 5 rings (SSSR count). The Morgan fingerprint density at radius 3 is 2.59 bits per heavy atom. The molecule has 0 atom stereocenters. The predicted octanol–water partition coefficient (Wildman–Crippen LogP) is 5.10. The first kappa shape index (κ1) is 24.6. The molecule has 1 saturated carbocycles. The van der Waals surface area contributed by atoms with E-state index in [2.05, 4.69) is 16.2 Å². The van der Waals surface area contributed by atoms with Crippen LogP contribution >= 0.6 is 0 Å². The number of rotatable bonds is 6. The van der Waals surface area contributed by atoms with Gasteiger partial charge < -0.3 is 0 Å². The Morgan fingerprint density at radius 1 is 1.14 bits per heavy atom. The molecule has 0 unspecified atom stereocenters. The fraction of sp³-hybridized carbons (Fsp3) is 0.345. The van der Waals surface area contributed by atoms with Gasteiger partial charge in [-0.25, -0.2) is 8.91 Å². The molecule has 0 saturated heterocycles. The molecule has 37 heavy (non-hydrogen) atoms. The Bertz CT molecular complexity index is 1600. The summed E-state index contributed by atoms with van der Waals surface area (Å²) in [4.78, 5) is 30.4. The summed E-state index contributed by atoms with van der Waals surface area (Å²) in [6.45, 7) is 3.82. The second-order valence-corrected chi connectivity index (χ2v) is 9.63. The molecule has 0 N–H and O–H groups in total. The summed E-state index contributed by atoms with van der Waals surface area (Å²) < 4.78 is 18.9. The second kappa shape index (κ2) is 10.1. The van der Waals surface area contributed by atoms with Crippen molar-refractivity contribution in [3.8, 4) is 17.2 Å². The monoisotopic (exact) mass is 497 g/mol. The number of aryl methyl sites for hydroxylation is 2. The van der Waals surface area contributed by atoms with Crippen molar-refractivity contribution in [1.82, 2.24) is 19.2 Å². The van der Waals surface area contributed by atoms with Gasteiger partial charge in [-0.15, -0.1) is 0 Å². The van der Waals surface area contributed by atoms with Crippen LogP contribution in [-0.2, 0) is 17.6 Å². The molecule has 2 aromatic heterocycles. The quantitative estimate of drug-likeness (QED) is 0.369. The first-order valence-electron chi connectivity index (χ1n) is 12.7. The molecule has 0 spiro atoms. The number of carbonyl (C=O) groups is 1. The molecule has 7 nitrogen and oxygen atoms in total. The van der Waals surface area contributed by atoms with Crippen molar-refractivity contribution in [2.45, 2.75) is 64.8 Å². The van der Waals surface area contributed by atoms with Gasteiger partial charge in [0.1, 0.15) is 17.4 Å². The number of aromatic nitrogens is 4. The molecule has 0 aliphatic heterocycles. The average Bonchev–Trinajstić information content (AvgIpc) is 3.28. The highest BCUT2D eigenvalue weighted by molar-refractivity contribution is 5.79. The van der Waals surface area contributed by atoms with Crippen molar-refractivity contribution in [3.63, 3.8) is 0 Å². The lowest BCUT2D eigenvalue weighted by Crippen LogP contribution is -2.34. The number of hydrogen-bond acceptors (Lipinski definition) is 5. The Morgan fingerprint density at radius 2 is 1.89 bits per heavy atom. The number of benzene rings is 2. The number of nitriles is 1. The van der Waals surface area contributed by atoms with E-state index in [9.17, 15) is 14.9 Å². The van der Waals surface area contributed by atoms with Gasteiger partial charge >= 0.3 is 0 Å². The summed E-state index contributed by atoms with van der Waals surface area (Å²) >= 11 is 0. The number of fused-ring (bicyclic) bond motifs is 1. The van der Waals surface area contributed by atoms with E-state index in [1.165, 1.54) is 6.07 Å². The van der Waals surface area contributed by atoms with Crippen LogP contribution in [0.3, 0.4) is 0 Å². The first-order valence-corrected chi connectivity index (χ1v) is 12.7. The van der Waals surface area contributed by atoms with Crippen LogP contribution in [0, 0.1) is 24.1 Å². The van der Waals surface area contributed by atoms with Crippen molar-refractivity contribution in [2.24, 2.45) is 0 Å². The molecule has 1 aliphatic rings. The van der Waals surface area contributed by atoms with E-state index in [0.717, 1.165) is 12.1 Å². The van der Waals surface area contributed by atoms with E-state index in [4.69, 9.17) is 0 Å². The summed E-state index contributed by atoms with van der Waals surface area (Å²) in [5, 5.41) is 14.0. The Labute approximate surface area is 214 Å². The molecular formula is C29H28FN5O2. The van der Waals surface area contributed by atoms with Gasteiger partial charge in [0.2, 0.25) is 5.78 Å². The lowest BCUT2D eigenvalue weighted by Gasteiger charge is -2.25. The first-order chi connectivity index (χ1) is 17.9. The highest BCUT2D eigenvalue weighted by Crippen LogP contribution is 2.29. The van der Waals surface area contributed by atoms with Gasteiger partial charge in [-0.3, -0.25) is 14.2 Å². The van der Waals surface area contributed by atoms with Gasteiger partial charge in [0.05, 0.1) is 17.3 Å². The molecule has 4 aromatic rings. The number of ketones is 1. The van der Waals surface area contributed by atoms with Crippen molar-refractivity contribution >= 4 is 11.6 Å². The van der Waals surface area contributed by atoms with Crippen LogP contribution in [-0.4, -0.2) is 24.9 Å². The normalized spacial score (nSPS) is 14.3. The molecular weight excluding hydrogens is 469 g/mol. The minimum absolute atomic E-state index is 0.112. The number of nitrogens with zero attached hydrogens (tertiary/aromatic N) is 5. The summed E-state index contributed by atoms with van der Waals surface area (Å²) in [6, 6.07) is 14.0. The summed E-state index contributed by atoms with van der Waals surface area (Å²) in [5.41, 5.74) is 3.19. The smallest absolute Gasteiger partial charge is 0.259 e. The van der Waals surface area contributed by atoms with Crippen LogP contribution in [0.25, 0.3) is 16.9 Å². The Kier molecular flexibility index (Phi) is 6.70. The van der Waals surface area contributed by atoms with Crippen LogP contribution in [0.5, 0.6) is 0 Å². The topological polar surface area (TPSA) is 93.0 Å². The Hall–Kier alpha value is -4.12. The third kappa shape index (κ3) is 4.57. The molecule has 2 heterocycles. The molecule has 188 valence electrons. The van der Waals surface area contributed by atoms with Crippen molar-refractivity contribution in [1.29, 1.82) is 5.26 Å². The second-order valence-electron chi connectivity index (χ2n) is 9.63. The predicted molar refractivity (Wildman–Crippen MR) is 138 cm³/mol. The number of hydrogen-bond donors (Lipinski definition) is 0. The molecule has 0 bridgehead atoms. The molecule has 0 amide bonds. The highest BCUT2D eigenvalue weighted by atomic mass is 19.1. The number of carbonyl (C=O) groups excluding carboxylic acids is 1. The third-order valence-corrected chi connectivity index (χ3v) is 7.14. The average molecular weight is 498 g/mol. The zero-order valence-corrected chi connectivity index (χ0v) is 21.0. The van der Waals surface area contributed by atoms with Gasteiger partial charge in [0.25, 0.3) is 5.56 Å². The van der Waals surface area contributed by atoms with Crippen LogP contribution in [0.15, 0.2) is 47.3 Å². The molecule has 1 fully saturated rings. The largest absolute Gasteiger partial charge is 0.300 e. The van der Waals surface area contributed by atoms with Crippen LogP contribution in [0.2, 0.25) is 0 Å². The fourth-order valence-corrected chi connectivity index (χ4v) is 5.29. The van der Waals surface area contributed by atoms with E-state index >= 15 is 4.39 Å². The Balaban J connectivity index is 1.63. The van der Waals surface area contributed by atoms with Gasteiger partial charge in [-0.2, -0.15) is 15.3 Å². The van der Waals surface area contributed by atoms with Gasteiger partial charge in [0.15, 0.2) is 0 Å². The van der Waals surface area contributed by atoms with E-state index in [0.29, 0.717) is 71.5 Å². The van der Waals surface area contributed by atoms with Crippen LogP contribution in [0.4, 0.5) is 4.39 Å². The molecule has 1 aliphatic carbocycles. The van der Waals surface area contributed by atoms with E-state index < -0.39 is 5.82 Å². The maximum absolute atomic E-state index is 15.5. The van der Waals surface area contributed by atoms with Crippen molar-refractivity contribution in [3.05, 3.63) is 86.8 Å². The highest BCUT2D eigenvalue weighted by Gasteiger charge is 2.27. The van der Waals surface area contributed by atoms with Crippen LogP contribution in [0.1, 0.15) is 73.3 Å². The fourth-order valence-electron chi connectivity index (χ4n) is 5.29. The summed E-state index contributed by atoms with van der Waals surface area (Å²) in [7, 11) is 0. The van der Waals surface area contributed by atoms with E-state index in [1.54, 1.807) is 46.3 Å². The lowest BCUT2D eigenvalue weighted by atomic mass is 9.93. The maximum atomic E-state index is 15.5. The molecule has 8 heteroatoms. The number of halogens is 1. The summed E-state index contributed by atoms with van der Waals surface area (Å²) in [5.74, 6) is 0.817.